The number of aryl methyl sites for hydroxylation is 1. The second-order valence-corrected chi connectivity index (χ2v) is 4.63. The highest BCUT2D eigenvalue weighted by molar-refractivity contribution is 5.90. The molecule has 1 aromatic rings. The van der Waals surface area contributed by atoms with Crippen molar-refractivity contribution >= 4 is 17.4 Å². The van der Waals surface area contributed by atoms with Crippen molar-refractivity contribution in [2.75, 3.05) is 30.9 Å². The van der Waals surface area contributed by atoms with Crippen molar-refractivity contribution in [3.05, 3.63) is 23.8 Å². The molecule has 0 aliphatic heterocycles. The summed E-state index contributed by atoms with van der Waals surface area (Å²) in [4.78, 5) is 13.7. The topological polar surface area (TPSA) is 44.4 Å². The third-order valence-corrected chi connectivity index (χ3v) is 2.76. The van der Waals surface area contributed by atoms with E-state index in [1.54, 1.807) is 0 Å². The zero-order valence-corrected chi connectivity index (χ0v) is 11.7. The van der Waals surface area contributed by atoms with Crippen LogP contribution in [0.2, 0.25) is 0 Å². The summed E-state index contributed by atoms with van der Waals surface area (Å²) in [7, 11) is 3.99. The molecule has 0 aliphatic rings. The van der Waals surface area contributed by atoms with E-state index in [1.807, 2.05) is 37.2 Å². The summed E-state index contributed by atoms with van der Waals surface area (Å²) in [6.45, 7) is 4.87. The first-order valence-corrected chi connectivity index (χ1v) is 6.37. The standard InChI is InChI=1S/C14H23N3O/c1-5-6-9-15-14(18)16-12-8-7-11(2)13(10-12)17(3)4/h7-8,10H,5-6,9H2,1-4H3,(H2,15,16,18). The highest BCUT2D eigenvalue weighted by Crippen LogP contribution is 2.22. The third-order valence-electron chi connectivity index (χ3n) is 2.76. The van der Waals surface area contributed by atoms with Crippen molar-refractivity contribution in [2.45, 2.75) is 26.7 Å². The van der Waals surface area contributed by atoms with E-state index < -0.39 is 0 Å². The summed E-state index contributed by atoms with van der Waals surface area (Å²) < 4.78 is 0. The van der Waals surface area contributed by atoms with Crippen molar-refractivity contribution in [3.8, 4) is 0 Å². The zero-order valence-electron chi connectivity index (χ0n) is 11.7. The van der Waals surface area contributed by atoms with Crippen molar-refractivity contribution in [2.24, 2.45) is 0 Å². The lowest BCUT2D eigenvalue weighted by molar-refractivity contribution is 0.252. The summed E-state index contributed by atoms with van der Waals surface area (Å²) in [5.74, 6) is 0. The number of anilines is 2. The number of carbonyl (C=O) groups is 1. The van der Waals surface area contributed by atoms with Gasteiger partial charge in [-0.25, -0.2) is 4.79 Å². The predicted molar refractivity (Wildman–Crippen MR) is 77.4 cm³/mol. The van der Waals surface area contributed by atoms with E-state index in [0.29, 0.717) is 6.54 Å². The molecule has 1 aromatic carbocycles. The Morgan fingerprint density at radius 3 is 2.67 bits per heavy atom. The Morgan fingerprint density at radius 1 is 1.33 bits per heavy atom. The molecule has 0 aromatic heterocycles. The van der Waals surface area contributed by atoms with Crippen LogP contribution in [0.1, 0.15) is 25.3 Å². The Kier molecular flexibility index (Phi) is 5.49. The molecule has 0 radical (unpaired) electrons. The van der Waals surface area contributed by atoms with Crippen molar-refractivity contribution in [1.29, 1.82) is 0 Å². The van der Waals surface area contributed by atoms with Gasteiger partial charge in [-0.3, -0.25) is 0 Å². The molecule has 4 nitrogen and oxygen atoms in total. The fraction of sp³-hybridized carbons (Fsp3) is 0.500. The zero-order chi connectivity index (χ0) is 13.5. The number of carbonyl (C=O) groups excluding carboxylic acids is 1. The van der Waals surface area contributed by atoms with Gasteiger partial charge in [-0.2, -0.15) is 0 Å². The monoisotopic (exact) mass is 249 g/mol. The van der Waals surface area contributed by atoms with Gasteiger partial charge in [0, 0.05) is 32.0 Å². The second-order valence-electron chi connectivity index (χ2n) is 4.63. The maximum absolute atomic E-state index is 11.6. The average Bonchev–Trinajstić information content (AvgIpc) is 2.31. The quantitative estimate of drug-likeness (QED) is 0.788. The molecule has 0 heterocycles. The Bertz CT molecular complexity index is 402. The van der Waals surface area contributed by atoms with Crippen LogP contribution in [0.3, 0.4) is 0 Å². The van der Waals surface area contributed by atoms with Crippen molar-refractivity contribution in [1.82, 2.24) is 5.32 Å². The number of amides is 2. The van der Waals surface area contributed by atoms with Gasteiger partial charge in [0.15, 0.2) is 0 Å². The summed E-state index contributed by atoms with van der Waals surface area (Å²) in [5, 5.41) is 5.68. The number of rotatable bonds is 5. The highest BCUT2D eigenvalue weighted by Gasteiger charge is 2.05. The normalized spacial score (nSPS) is 10.0. The van der Waals surface area contributed by atoms with Gasteiger partial charge in [0.25, 0.3) is 0 Å². The third kappa shape index (κ3) is 4.28. The van der Waals surface area contributed by atoms with Crippen LogP contribution in [0.5, 0.6) is 0 Å². The number of benzene rings is 1. The highest BCUT2D eigenvalue weighted by atomic mass is 16.2. The maximum atomic E-state index is 11.6. The Hall–Kier alpha value is -1.71. The first-order chi connectivity index (χ1) is 8.54. The fourth-order valence-corrected chi connectivity index (χ4v) is 1.72. The smallest absolute Gasteiger partial charge is 0.319 e. The number of nitrogens with one attached hydrogen (secondary N) is 2. The molecule has 0 spiro atoms. The van der Waals surface area contributed by atoms with Gasteiger partial charge in [0.2, 0.25) is 0 Å². The lowest BCUT2D eigenvalue weighted by Gasteiger charge is -2.17. The van der Waals surface area contributed by atoms with E-state index in [0.717, 1.165) is 24.2 Å². The van der Waals surface area contributed by atoms with Crippen LogP contribution >= 0.6 is 0 Å². The van der Waals surface area contributed by atoms with E-state index in [9.17, 15) is 4.79 Å². The van der Waals surface area contributed by atoms with Crippen LogP contribution in [-0.2, 0) is 0 Å². The number of hydrogen-bond donors (Lipinski definition) is 2. The molecule has 0 fully saturated rings. The molecule has 0 aliphatic carbocycles. The van der Waals surface area contributed by atoms with Gasteiger partial charge in [0.1, 0.15) is 0 Å². The molecule has 0 atom stereocenters. The summed E-state index contributed by atoms with van der Waals surface area (Å²) in [6, 6.07) is 5.77. The van der Waals surface area contributed by atoms with Crippen molar-refractivity contribution in [3.63, 3.8) is 0 Å². The number of unbranched alkanes of at least 4 members (excludes halogenated alkanes) is 1. The number of hydrogen-bond acceptors (Lipinski definition) is 2. The van der Waals surface area contributed by atoms with E-state index in [-0.39, 0.29) is 6.03 Å². The largest absolute Gasteiger partial charge is 0.377 e. The molecule has 0 saturated carbocycles. The number of nitrogens with zero attached hydrogens (tertiary/aromatic N) is 1. The Labute approximate surface area is 109 Å². The van der Waals surface area contributed by atoms with Crippen LogP contribution in [0.4, 0.5) is 16.2 Å². The van der Waals surface area contributed by atoms with Crippen LogP contribution in [0.25, 0.3) is 0 Å². The first kappa shape index (κ1) is 14.4. The SMILES string of the molecule is CCCCNC(=O)Nc1ccc(C)c(N(C)C)c1. The second kappa shape index (κ2) is 6.89. The van der Waals surface area contributed by atoms with E-state index in [4.69, 9.17) is 0 Å². The van der Waals surface area contributed by atoms with Crippen LogP contribution in [0.15, 0.2) is 18.2 Å². The first-order valence-electron chi connectivity index (χ1n) is 6.37. The molecule has 0 unspecified atom stereocenters. The minimum atomic E-state index is -0.142. The summed E-state index contributed by atoms with van der Waals surface area (Å²) in [6.07, 6.45) is 2.08. The molecule has 4 heteroatoms. The molecule has 100 valence electrons. The van der Waals surface area contributed by atoms with Crippen LogP contribution in [0, 0.1) is 6.92 Å². The minimum Gasteiger partial charge on any atom is -0.377 e. The lowest BCUT2D eigenvalue weighted by Crippen LogP contribution is -2.29. The molecule has 2 N–H and O–H groups in total. The van der Waals surface area contributed by atoms with Gasteiger partial charge in [-0.15, -0.1) is 0 Å². The average molecular weight is 249 g/mol. The minimum absolute atomic E-state index is 0.142. The van der Waals surface area contributed by atoms with E-state index in [2.05, 4.69) is 24.5 Å². The summed E-state index contributed by atoms with van der Waals surface area (Å²) >= 11 is 0. The lowest BCUT2D eigenvalue weighted by atomic mass is 10.1. The van der Waals surface area contributed by atoms with Crippen LogP contribution in [-0.4, -0.2) is 26.7 Å². The van der Waals surface area contributed by atoms with Crippen molar-refractivity contribution < 1.29 is 4.79 Å². The van der Waals surface area contributed by atoms with Crippen LogP contribution < -0.4 is 15.5 Å². The van der Waals surface area contributed by atoms with Gasteiger partial charge in [-0.05, 0) is 31.0 Å². The van der Waals surface area contributed by atoms with Gasteiger partial charge >= 0.3 is 6.03 Å². The summed E-state index contributed by atoms with van der Waals surface area (Å²) in [5.41, 5.74) is 3.12. The van der Waals surface area contributed by atoms with E-state index in [1.165, 1.54) is 5.56 Å². The van der Waals surface area contributed by atoms with Gasteiger partial charge < -0.3 is 15.5 Å². The Balaban J connectivity index is 2.62. The molecule has 1 rings (SSSR count). The Morgan fingerprint density at radius 2 is 2.06 bits per heavy atom. The predicted octanol–water partition coefficient (Wildman–Crippen LogP) is 2.98. The molecule has 0 saturated heterocycles. The fourth-order valence-electron chi connectivity index (χ4n) is 1.72. The molecule has 2 amide bonds. The molecular formula is C14H23N3O. The molecule has 18 heavy (non-hydrogen) atoms. The molecule has 0 bridgehead atoms. The van der Waals surface area contributed by atoms with Gasteiger partial charge in [0.05, 0.1) is 0 Å². The molecular weight excluding hydrogens is 226 g/mol. The maximum Gasteiger partial charge on any atom is 0.319 e. The van der Waals surface area contributed by atoms with Gasteiger partial charge in [-0.1, -0.05) is 19.4 Å². The number of urea groups is 1. The van der Waals surface area contributed by atoms with E-state index >= 15 is 0 Å².